The van der Waals surface area contributed by atoms with Crippen molar-refractivity contribution in [3.8, 4) is 0 Å². The molecule has 1 aromatic heterocycles. The minimum absolute atomic E-state index is 0.482. The van der Waals surface area contributed by atoms with Gasteiger partial charge in [0.15, 0.2) is 0 Å². The molecule has 1 aromatic rings. The van der Waals surface area contributed by atoms with Crippen molar-refractivity contribution in [1.82, 2.24) is 4.98 Å². The highest BCUT2D eigenvalue weighted by molar-refractivity contribution is 7.80. The Kier molecular flexibility index (Phi) is 3.69. The second-order valence-electron chi connectivity index (χ2n) is 5.70. The summed E-state index contributed by atoms with van der Waals surface area (Å²) in [6.45, 7) is 1.11. The van der Waals surface area contributed by atoms with Gasteiger partial charge in [0.05, 0.1) is 11.9 Å². The lowest BCUT2D eigenvalue weighted by atomic mass is 9.78. The summed E-state index contributed by atoms with van der Waals surface area (Å²) in [5.74, 6) is 0.849. The molecule has 19 heavy (non-hydrogen) atoms. The minimum atomic E-state index is 0.482. The van der Waals surface area contributed by atoms with Gasteiger partial charge in [0.2, 0.25) is 0 Å². The summed E-state index contributed by atoms with van der Waals surface area (Å²) in [6.07, 6.45) is 11.8. The number of aromatic nitrogens is 1. The van der Waals surface area contributed by atoms with Gasteiger partial charge in [-0.15, -0.1) is 0 Å². The highest BCUT2D eigenvalue weighted by Gasteiger charge is 2.34. The molecule has 3 nitrogen and oxygen atoms in total. The van der Waals surface area contributed by atoms with E-state index in [0.717, 1.165) is 23.7 Å². The fourth-order valence-electron chi connectivity index (χ4n) is 3.75. The number of pyridine rings is 1. The standard InChI is InChI=1S/C15H21N3S/c16-15(19)12-7-8-17-10-14(12)18-9-3-5-11-4-1-2-6-13(11)18/h7-8,10-11,13H,1-6,9H2,(H2,16,19). The zero-order valence-electron chi connectivity index (χ0n) is 11.2. The van der Waals surface area contributed by atoms with Gasteiger partial charge in [-0.3, -0.25) is 4.98 Å². The van der Waals surface area contributed by atoms with Gasteiger partial charge in [-0.2, -0.15) is 0 Å². The largest absolute Gasteiger partial charge is 0.389 e. The maximum absolute atomic E-state index is 5.87. The van der Waals surface area contributed by atoms with Crippen molar-refractivity contribution >= 4 is 22.9 Å². The molecule has 102 valence electrons. The van der Waals surface area contributed by atoms with Gasteiger partial charge in [0.1, 0.15) is 4.99 Å². The topological polar surface area (TPSA) is 42.1 Å². The van der Waals surface area contributed by atoms with Crippen LogP contribution in [0.3, 0.4) is 0 Å². The van der Waals surface area contributed by atoms with Gasteiger partial charge >= 0.3 is 0 Å². The molecule has 0 spiro atoms. The van der Waals surface area contributed by atoms with Crippen LogP contribution < -0.4 is 10.6 Å². The smallest absolute Gasteiger partial charge is 0.106 e. The van der Waals surface area contributed by atoms with Crippen LogP contribution in [-0.4, -0.2) is 22.6 Å². The van der Waals surface area contributed by atoms with Crippen LogP contribution in [0.5, 0.6) is 0 Å². The quantitative estimate of drug-likeness (QED) is 0.843. The molecule has 0 amide bonds. The molecule has 1 saturated carbocycles. The normalized spacial score (nSPS) is 26.8. The van der Waals surface area contributed by atoms with Crippen molar-refractivity contribution in [2.24, 2.45) is 11.7 Å². The maximum Gasteiger partial charge on any atom is 0.106 e. The lowest BCUT2D eigenvalue weighted by Gasteiger charge is -2.45. The maximum atomic E-state index is 5.87. The monoisotopic (exact) mass is 275 g/mol. The zero-order chi connectivity index (χ0) is 13.2. The molecule has 2 aliphatic rings. The van der Waals surface area contributed by atoms with Crippen LogP contribution in [0.15, 0.2) is 18.5 Å². The Morgan fingerprint density at radius 1 is 1.26 bits per heavy atom. The Morgan fingerprint density at radius 2 is 2.05 bits per heavy atom. The van der Waals surface area contributed by atoms with Crippen LogP contribution in [-0.2, 0) is 0 Å². The third-order valence-electron chi connectivity index (χ3n) is 4.62. The number of fused-ring (bicyclic) bond motifs is 1. The summed E-state index contributed by atoms with van der Waals surface area (Å²) >= 11 is 5.19. The molecule has 0 radical (unpaired) electrons. The molecular weight excluding hydrogens is 254 g/mol. The Morgan fingerprint density at radius 3 is 2.89 bits per heavy atom. The molecule has 2 atom stereocenters. The molecule has 1 aliphatic carbocycles. The van der Waals surface area contributed by atoms with Crippen molar-refractivity contribution in [2.75, 3.05) is 11.4 Å². The number of piperidine rings is 1. The second-order valence-corrected chi connectivity index (χ2v) is 6.14. The van der Waals surface area contributed by atoms with E-state index >= 15 is 0 Å². The van der Waals surface area contributed by atoms with Crippen LogP contribution in [0, 0.1) is 5.92 Å². The number of nitrogens with zero attached hydrogens (tertiary/aromatic N) is 2. The Balaban J connectivity index is 1.94. The van der Waals surface area contributed by atoms with E-state index in [-0.39, 0.29) is 0 Å². The molecule has 0 aromatic carbocycles. The molecular formula is C15H21N3S. The van der Waals surface area contributed by atoms with Gasteiger partial charge in [0, 0.05) is 24.3 Å². The summed E-state index contributed by atoms with van der Waals surface area (Å²) in [4.78, 5) is 7.29. The average Bonchev–Trinajstić information content (AvgIpc) is 2.46. The van der Waals surface area contributed by atoms with Gasteiger partial charge in [-0.05, 0) is 37.7 Å². The highest BCUT2D eigenvalue weighted by atomic mass is 32.1. The zero-order valence-corrected chi connectivity index (χ0v) is 12.0. The first-order chi connectivity index (χ1) is 9.27. The fraction of sp³-hybridized carbons (Fsp3) is 0.600. The van der Waals surface area contributed by atoms with Crippen molar-refractivity contribution in [3.63, 3.8) is 0 Å². The van der Waals surface area contributed by atoms with E-state index in [9.17, 15) is 0 Å². The first-order valence-electron chi connectivity index (χ1n) is 7.28. The Labute approximate surface area is 120 Å². The molecule has 1 saturated heterocycles. The van der Waals surface area contributed by atoms with E-state index in [0.29, 0.717) is 11.0 Å². The predicted molar refractivity (Wildman–Crippen MR) is 82.5 cm³/mol. The Hall–Kier alpha value is -1.16. The number of hydrogen-bond donors (Lipinski definition) is 1. The molecule has 2 fully saturated rings. The van der Waals surface area contributed by atoms with Gasteiger partial charge in [-0.1, -0.05) is 25.1 Å². The van der Waals surface area contributed by atoms with E-state index in [1.165, 1.54) is 38.5 Å². The van der Waals surface area contributed by atoms with E-state index < -0.39 is 0 Å². The van der Waals surface area contributed by atoms with Crippen LogP contribution >= 0.6 is 12.2 Å². The molecule has 4 heteroatoms. The number of rotatable bonds is 2. The fourth-order valence-corrected chi connectivity index (χ4v) is 3.92. The number of thiocarbonyl (C=S) groups is 1. The molecule has 3 rings (SSSR count). The number of nitrogens with two attached hydrogens (primary N) is 1. The van der Waals surface area contributed by atoms with E-state index in [4.69, 9.17) is 18.0 Å². The lowest BCUT2D eigenvalue weighted by molar-refractivity contribution is 0.243. The van der Waals surface area contributed by atoms with Crippen molar-refractivity contribution in [1.29, 1.82) is 0 Å². The third-order valence-corrected chi connectivity index (χ3v) is 4.84. The minimum Gasteiger partial charge on any atom is -0.389 e. The molecule has 2 heterocycles. The first-order valence-corrected chi connectivity index (χ1v) is 7.68. The lowest BCUT2D eigenvalue weighted by Crippen LogP contribution is -2.47. The van der Waals surface area contributed by atoms with Gasteiger partial charge < -0.3 is 10.6 Å². The summed E-state index contributed by atoms with van der Waals surface area (Å²) in [6, 6.07) is 2.61. The van der Waals surface area contributed by atoms with E-state index in [2.05, 4.69) is 9.88 Å². The molecule has 2 unspecified atom stereocenters. The summed E-state index contributed by atoms with van der Waals surface area (Å²) in [7, 11) is 0. The SMILES string of the molecule is NC(=S)c1ccncc1N1CCCC2CCCCC21. The number of anilines is 1. The van der Waals surface area contributed by atoms with Crippen LogP contribution in [0.2, 0.25) is 0 Å². The highest BCUT2D eigenvalue weighted by Crippen LogP contribution is 2.38. The predicted octanol–water partition coefficient (Wildman–Crippen LogP) is 2.87. The number of hydrogen-bond acceptors (Lipinski definition) is 3. The van der Waals surface area contributed by atoms with E-state index in [1.807, 2.05) is 12.3 Å². The molecule has 1 aliphatic heterocycles. The second kappa shape index (κ2) is 5.45. The van der Waals surface area contributed by atoms with Crippen molar-refractivity contribution < 1.29 is 0 Å². The molecule has 2 N–H and O–H groups in total. The van der Waals surface area contributed by atoms with Gasteiger partial charge in [0.25, 0.3) is 0 Å². The molecule has 0 bridgehead atoms. The van der Waals surface area contributed by atoms with Gasteiger partial charge in [-0.25, -0.2) is 0 Å². The van der Waals surface area contributed by atoms with Crippen LogP contribution in [0.25, 0.3) is 0 Å². The van der Waals surface area contributed by atoms with E-state index in [1.54, 1.807) is 6.20 Å². The summed E-state index contributed by atoms with van der Waals surface area (Å²) < 4.78 is 0. The van der Waals surface area contributed by atoms with Crippen molar-refractivity contribution in [2.45, 2.75) is 44.6 Å². The van der Waals surface area contributed by atoms with Crippen molar-refractivity contribution in [3.05, 3.63) is 24.0 Å². The van der Waals surface area contributed by atoms with Crippen LogP contribution in [0.1, 0.15) is 44.1 Å². The summed E-state index contributed by atoms with van der Waals surface area (Å²) in [5.41, 5.74) is 7.99. The Bertz CT molecular complexity index is 472. The summed E-state index contributed by atoms with van der Waals surface area (Å²) in [5, 5.41) is 0. The first kappa shape index (κ1) is 12.9. The third kappa shape index (κ3) is 2.46. The van der Waals surface area contributed by atoms with Crippen LogP contribution in [0.4, 0.5) is 5.69 Å². The average molecular weight is 275 g/mol.